The van der Waals surface area contributed by atoms with Crippen molar-refractivity contribution in [3.63, 3.8) is 0 Å². The number of nitrogens with zero attached hydrogens (tertiary/aromatic N) is 3. The Kier molecular flexibility index (Phi) is 6.11. The third-order valence-corrected chi connectivity index (χ3v) is 6.36. The standard InChI is InChI=1S/C23H28N4OS/c1-17-8-9-18(2)20(15-17)27-21(16-19(25-27)22-7-6-14-29-22)23(28)24-10-13-26-11-4-3-5-12-26/h6-9,14-16H,3-5,10-13H2,1-2H3,(H,24,28). The minimum absolute atomic E-state index is 0.0711. The fraction of sp³-hybridized carbons (Fsp3) is 0.391. The summed E-state index contributed by atoms with van der Waals surface area (Å²) in [5, 5.41) is 9.94. The predicted octanol–water partition coefficient (Wildman–Crippen LogP) is 4.43. The summed E-state index contributed by atoms with van der Waals surface area (Å²) in [5.74, 6) is -0.0711. The highest BCUT2D eigenvalue weighted by atomic mass is 32.1. The zero-order valence-corrected chi connectivity index (χ0v) is 18.0. The SMILES string of the molecule is Cc1ccc(C)c(-n2nc(-c3cccs3)cc2C(=O)NCCN2CCCCC2)c1. The maximum atomic E-state index is 13.1. The van der Waals surface area contributed by atoms with Crippen molar-refractivity contribution < 1.29 is 4.79 Å². The lowest BCUT2D eigenvalue weighted by Gasteiger charge is -2.26. The maximum Gasteiger partial charge on any atom is 0.270 e. The van der Waals surface area contributed by atoms with E-state index in [-0.39, 0.29) is 5.91 Å². The monoisotopic (exact) mass is 408 g/mol. The highest BCUT2D eigenvalue weighted by molar-refractivity contribution is 7.13. The van der Waals surface area contributed by atoms with Gasteiger partial charge < -0.3 is 10.2 Å². The van der Waals surface area contributed by atoms with E-state index in [9.17, 15) is 4.79 Å². The van der Waals surface area contributed by atoms with E-state index in [0.717, 1.165) is 47.0 Å². The molecule has 0 radical (unpaired) electrons. The minimum Gasteiger partial charge on any atom is -0.349 e. The number of rotatable bonds is 6. The molecule has 0 unspecified atom stereocenters. The van der Waals surface area contributed by atoms with E-state index in [1.807, 2.05) is 23.6 Å². The van der Waals surface area contributed by atoms with E-state index in [1.54, 1.807) is 16.0 Å². The summed E-state index contributed by atoms with van der Waals surface area (Å²) in [4.78, 5) is 16.6. The topological polar surface area (TPSA) is 50.2 Å². The lowest BCUT2D eigenvalue weighted by atomic mass is 10.1. The number of amides is 1. The minimum atomic E-state index is -0.0711. The Morgan fingerprint density at radius 3 is 2.72 bits per heavy atom. The van der Waals surface area contributed by atoms with Gasteiger partial charge in [-0.3, -0.25) is 4.79 Å². The molecular weight excluding hydrogens is 380 g/mol. The molecule has 0 spiro atoms. The molecule has 6 heteroatoms. The molecule has 1 fully saturated rings. The first kappa shape index (κ1) is 19.9. The van der Waals surface area contributed by atoms with Crippen LogP contribution in [0.25, 0.3) is 16.3 Å². The van der Waals surface area contributed by atoms with Gasteiger partial charge in [0.2, 0.25) is 0 Å². The number of benzene rings is 1. The van der Waals surface area contributed by atoms with Gasteiger partial charge in [-0.25, -0.2) is 4.68 Å². The third kappa shape index (κ3) is 4.60. The average Bonchev–Trinajstić information content (AvgIpc) is 3.40. The number of aryl methyl sites for hydroxylation is 2. The van der Waals surface area contributed by atoms with Gasteiger partial charge in [-0.2, -0.15) is 5.10 Å². The summed E-state index contributed by atoms with van der Waals surface area (Å²) in [6.07, 6.45) is 3.85. The van der Waals surface area contributed by atoms with Gasteiger partial charge in [0.05, 0.1) is 10.6 Å². The molecule has 1 N–H and O–H groups in total. The normalized spacial score (nSPS) is 14.8. The summed E-state index contributed by atoms with van der Waals surface area (Å²) < 4.78 is 1.80. The van der Waals surface area contributed by atoms with Gasteiger partial charge >= 0.3 is 0 Å². The van der Waals surface area contributed by atoms with Crippen LogP contribution >= 0.6 is 11.3 Å². The maximum absolute atomic E-state index is 13.1. The number of nitrogens with one attached hydrogen (secondary N) is 1. The molecule has 2 aromatic heterocycles. The van der Waals surface area contributed by atoms with Crippen molar-refractivity contribution in [2.75, 3.05) is 26.2 Å². The van der Waals surface area contributed by atoms with Crippen LogP contribution < -0.4 is 5.32 Å². The van der Waals surface area contributed by atoms with Crippen LogP contribution in [0.3, 0.4) is 0 Å². The van der Waals surface area contributed by atoms with E-state index < -0.39 is 0 Å². The number of carbonyl (C=O) groups excluding carboxylic acids is 1. The predicted molar refractivity (Wildman–Crippen MR) is 119 cm³/mol. The first-order chi connectivity index (χ1) is 14.1. The van der Waals surface area contributed by atoms with Crippen molar-refractivity contribution in [1.82, 2.24) is 20.0 Å². The van der Waals surface area contributed by atoms with Crippen molar-refractivity contribution in [3.8, 4) is 16.3 Å². The third-order valence-electron chi connectivity index (χ3n) is 5.47. The number of thiophene rings is 1. The highest BCUT2D eigenvalue weighted by Crippen LogP contribution is 2.27. The number of likely N-dealkylation sites (tertiary alicyclic amines) is 1. The van der Waals surface area contributed by atoms with Crippen molar-refractivity contribution in [1.29, 1.82) is 0 Å². The molecule has 152 valence electrons. The molecule has 3 heterocycles. The summed E-state index contributed by atoms with van der Waals surface area (Å²) in [6, 6.07) is 12.2. The van der Waals surface area contributed by atoms with Crippen molar-refractivity contribution in [2.45, 2.75) is 33.1 Å². The lowest BCUT2D eigenvalue weighted by Crippen LogP contribution is -2.38. The fourth-order valence-corrected chi connectivity index (χ4v) is 4.50. The molecule has 1 aromatic carbocycles. The average molecular weight is 409 g/mol. The lowest BCUT2D eigenvalue weighted by molar-refractivity contribution is 0.0939. The molecular formula is C23H28N4OS. The molecule has 1 amide bonds. The smallest absolute Gasteiger partial charge is 0.270 e. The Morgan fingerprint density at radius 2 is 1.97 bits per heavy atom. The summed E-state index contributed by atoms with van der Waals surface area (Å²) >= 11 is 1.63. The van der Waals surface area contributed by atoms with Crippen LogP contribution in [0.1, 0.15) is 40.9 Å². The number of carbonyl (C=O) groups is 1. The van der Waals surface area contributed by atoms with Crippen LogP contribution in [0.15, 0.2) is 41.8 Å². The van der Waals surface area contributed by atoms with Crippen LogP contribution in [-0.2, 0) is 0 Å². The van der Waals surface area contributed by atoms with Gasteiger partial charge in [0.25, 0.3) is 5.91 Å². The quantitative estimate of drug-likeness (QED) is 0.656. The number of aromatic nitrogens is 2. The van der Waals surface area contributed by atoms with Crippen molar-refractivity contribution in [3.05, 3.63) is 58.6 Å². The molecule has 3 aromatic rings. The van der Waals surface area contributed by atoms with Crippen molar-refractivity contribution >= 4 is 17.2 Å². The summed E-state index contributed by atoms with van der Waals surface area (Å²) in [6.45, 7) is 7.95. The largest absolute Gasteiger partial charge is 0.349 e. The van der Waals surface area contributed by atoms with Crippen LogP contribution in [0.4, 0.5) is 0 Å². The molecule has 0 atom stereocenters. The molecule has 1 aliphatic rings. The molecule has 5 nitrogen and oxygen atoms in total. The summed E-state index contributed by atoms with van der Waals surface area (Å²) in [5.41, 5.74) is 4.62. The van der Waals surface area contributed by atoms with Gasteiger partial charge in [0, 0.05) is 13.1 Å². The van der Waals surface area contributed by atoms with Crippen LogP contribution in [0, 0.1) is 13.8 Å². The van der Waals surface area contributed by atoms with E-state index >= 15 is 0 Å². The first-order valence-corrected chi connectivity index (χ1v) is 11.2. The number of hydrogen-bond acceptors (Lipinski definition) is 4. The Hall–Kier alpha value is -2.44. The van der Waals surface area contributed by atoms with Gasteiger partial charge in [0.15, 0.2) is 0 Å². The Balaban J connectivity index is 1.58. The van der Waals surface area contributed by atoms with Crippen LogP contribution in [0.2, 0.25) is 0 Å². The second kappa shape index (κ2) is 8.93. The molecule has 1 aliphatic heterocycles. The van der Waals surface area contributed by atoms with E-state index in [2.05, 4.69) is 42.3 Å². The molecule has 0 aliphatic carbocycles. The van der Waals surface area contributed by atoms with Gasteiger partial charge in [-0.05, 0) is 74.5 Å². The Bertz CT molecular complexity index is 971. The molecule has 29 heavy (non-hydrogen) atoms. The summed E-state index contributed by atoms with van der Waals surface area (Å²) in [7, 11) is 0. The number of hydrogen-bond donors (Lipinski definition) is 1. The van der Waals surface area contributed by atoms with Crippen molar-refractivity contribution in [2.24, 2.45) is 0 Å². The zero-order valence-electron chi connectivity index (χ0n) is 17.1. The Morgan fingerprint density at radius 1 is 1.14 bits per heavy atom. The number of piperidine rings is 1. The molecule has 4 rings (SSSR count). The molecule has 1 saturated heterocycles. The van der Waals surface area contributed by atoms with Crippen LogP contribution in [0.5, 0.6) is 0 Å². The van der Waals surface area contributed by atoms with E-state index in [4.69, 9.17) is 5.10 Å². The highest BCUT2D eigenvalue weighted by Gasteiger charge is 2.19. The fourth-order valence-electron chi connectivity index (χ4n) is 3.82. The van der Waals surface area contributed by atoms with Gasteiger partial charge in [-0.15, -0.1) is 11.3 Å². The van der Waals surface area contributed by atoms with E-state index in [0.29, 0.717) is 12.2 Å². The molecule has 0 bridgehead atoms. The van der Waals surface area contributed by atoms with Gasteiger partial charge in [-0.1, -0.05) is 24.6 Å². The second-order valence-corrected chi connectivity index (χ2v) is 8.70. The van der Waals surface area contributed by atoms with E-state index in [1.165, 1.54) is 19.3 Å². The molecule has 0 saturated carbocycles. The first-order valence-electron chi connectivity index (χ1n) is 10.3. The second-order valence-electron chi connectivity index (χ2n) is 7.75. The Labute approximate surface area is 176 Å². The van der Waals surface area contributed by atoms with Gasteiger partial charge in [0.1, 0.15) is 11.4 Å². The zero-order chi connectivity index (χ0) is 20.2. The van der Waals surface area contributed by atoms with Crippen LogP contribution in [-0.4, -0.2) is 46.8 Å².